The number of carbonyl (C=O) groups is 1. The Bertz CT molecular complexity index is 1170. The number of Topliss-reactive ketones (excluding diaryl/α,β-unsaturated/α-hetero) is 1. The van der Waals surface area contributed by atoms with Crippen LogP contribution in [0.3, 0.4) is 0 Å². The monoisotopic (exact) mass is 456 g/mol. The Hall–Kier alpha value is -3.20. The third-order valence-electron chi connectivity index (χ3n) is 5.03. The summed E-state index contributed by atoms with van der Waals surface area (Å²) in [7, 11) is -1.23. The van der Waals surface area contributed by atoms with Gasteiger partial charge in [0.15, 0.2) is 5.60 Å². The average Bonchev–Trinajstić information content (AvgIpc) is 2.82. The fourth-order valence-corrected chi connectivity index (χ4v) is 3.99. The summed E-state index contributed by atoms with van der Waals surface area (Å²) in [5.74, 6) is 0.332. The zero-order chi connectivity index (χ0) is 23.4. The van der Waals surface area contributed by atoms with E-state index in [1.807, 2.05) is 6.92 Å². The van der Waals surface area contributed by atoms with Crippen LogP contribution in [0.2, 0.25) is 0 Å². The summed E-state index contributed by atoms with van der Waals surface area (Å²) in [5.41, 5.74) is -1.05. The van der Waals surface area contributed by atoms with E-state index in [0.717, 1.165) is 5.56 Å². The molecule has 7 nitrogen and oxygen atoms in total. The summed E-state index contributed by atoms with van der Waals surface area (Å²) in [6.07, 6.45) is 0. The molecule has 1 atom stereocenters. The second-order valence-electron chi connectivity index (χ2n) is 7.18. The largest absolute Gasteiger partial charge is 0.497 e. The van der Waals surface area contributed by atoms with Gasteiger partial charge in [-0.3, -0.25) is 8.98 Å². The Morgan fingerprint density at radius 3 is 1.84 bits per heavy atom. The van der Waals surface area contributed by atoms with Gasteiger partial charge in [-0.15, -0.1) is 0 Å². The van der Waals surface area contributed by atoms with E-state index in [9.17, 15) is 18.3 Å². The highest BCUT2D eigenvalue weighted by Crippen LogP contribution is 2.30. The second kappa shape index (κ2) is 9.52. The maximum atomic E-state index is 13.3. The van der Waals surface area contributed by atoms with Crippen molar-refractivity contribution in [3.8, 4) is 11.5 Å². The molecule has 3 rings (SSSR count). The lowest BCUT2D eigenvalue weighted by Gasteiger charge is -2.27. The van der Waals surface area contributed by atoms with Crippen LogP contribution >= 0.6 is 0 Å². The molecule has 0 fully saturated rings. The summed E-state index contributed by atoms with van der Waals surface area (Å²) >= 11 is 0. The van der Waals surface area contributed by atoms with Crippen LogP contribution in [0.25, 0.3) is 0 Å². The van der Waals surface area contributed by atoms with Gasteiger partial charge in [0.25, 0.3) is 10.1 Å². The molecule has 0 spiro atoms. The maximum absolute atomic E-state index is 13.3. The molecule has 32 heavy (non-hydrogen) atoms. The van der Waals surface area contributed by atoms with Crippen molar-refractivity contribution in [1.29, 1.82) is 0 Å². The topological polar surface area (TPSA) is 99.1 Å². The van der Waals surface area contributed by atoms with E-state index in [1.165, 1.54) is 50.6 Å². The Balaban J connectivity index is 1.97. The van der Waals surface area contributed by atoms with Crippen molar-refractivity contribution in [1.82, 2.24) is 0 Å². The maximum Gasteiger partial charge on any atom is 0.297 e. The smallest absolute Gasteiger partial charge is 0.297 e. The van der Waals surface area contributed by atoms with Gasteiger partial charge < -0.3 is 14.6 Å². The molecule has 0 heterocycles. The van der Waals surface area contributed by atoms with E-state index >= 15 is 0 Å². The summed E-state index contributed by atoms with van der Waals surface area (Å²) in [5, 5.41) is 11.4. The van der Waals surface area contributed by atoms with Crippen LogP contribution in [-0.4, -0.2) is 40.1 Å². The van der Waals surface area contributed by atoms with Gasteiger partial charge in [-0.2, -0.15) is 8.42 Å². The predicted molar refractivity (Wildman–Crippen MR) is 119 cm³/mol. The van der Waals surface area contributed by atoms with E-state index in [4.69, 9.17) is 13.7 Å². The minimum absolute atomic E-state index is 0.0722. The lowest BCUT2D eigenvalue weighted by molar-refractivity contribution is 0.00407. The summed E-state index contributed by atoms with van der Waals surface area (Å²) in [6, 6.07) is 18.3. The number of rotatable bonds is 9. The lowest BCUT2D eigenvalue weighted by Crippen LogP contribution is -2.41. The zero-order valence-electron chi connectivity index (χ0n) is 17.9. The number of ether oxygens (including phenoxy) is 2. The Kier molecular flexibility index (Phi) is 6.98. The van der Waals surface area contributed by atoms with Crippen molar-refractivity contribution < 1.29 is 32.0 Å². The van der Waals surface area contributed by atoms with Crippen molar-refractivity contribution in [2.75, 3.05) is 20.8 Å². The third-order valence-corrected chi connectivity index (χ3v) is 6.31. The Labute approximate surface area is 187 Å². The number of aliphatic hydroxyl groups is 1. The van der Waals surface area contributed by atoms with Gasteiger partial charge in [0, 0.05) is 5.56 Å². The minimum Gasteiger partial charge on any atom is -0.497 e. The van der Waals surface area contributed by atoms with Crippen LogP contribution in [0.15, 0.2) is 77.7 Å². The van der Waals surface area contributed by atoms with Crippen LogP contribution in [0, 0.1) is 6.92 Å². The van der Waals surface area contributed by atoms with Crippen LogP contribution in [0.5, 0.6) is 11.5 Å². The fraction of sp³-hybridized carbons (Fsp3) is 0.208. The molecule has 168 valence electrons. The van der Waals surface area contributed by atoms with Crippen molar-refractivity contribution >= 4 is 15.9 Å². The molecule has 1 N–H and O–H groups in total. The van der Waals surface area contributed by atoms with Crippen LogP contribution in [-0.2, 0) is 19.9 Å². The minimum atomic E-state index is -4.21. The molecule has 0 aliphatic carbocycles. The van der Waals surface area contributed by atoms with E-state index in [-0.39, 0.29) is 16.0 Å². The van der Waals surface area contributed by atoms with Gasteiger partial charge in [0.2, 0.25) is 5.78 Å². The summed E-state index contributed by atoms with van der Waals surface area (Å²) in [6.45, 7) is 1.02. The number of aryl methyl sites for hydroxylation is 1. The molecule has 3 aromatic carbocycles. The number of hydrogen-bond donors (Lipinski definition) is 1. The van der Waals surface area contributed by atoms with Crippen molar-refractivity contribution in [2.45, 2.75) is 17.4 Å². The van der Waals surface area contributed by atoms with Gasteiger partial charge in [-0.1, -0.05) is 29.8 Å². The first kappa shape index (κ1) is 23.5. The average molecular weight is 457 g/mol. The Morgan fingerprint density at radius 1 is 0.844 bits per heavy atom. The molecular weight excluding hydrogens is 432 g/mol. The predicted octanol–water partition coefficient (Wildman–Crippen LogP) is 3.49. The van der Waals surface area contributed by atoms with Gasteiger partial charge in [0.05, 0.1) is 19.1 Å². The Morgan fingerprint density at radius 2 is 1.34 bits per heavy atom. The van der Waals surface area contributed by atoms with Crippen molar-refractivity contribution in [2.24, 2.45) is 0 Å². The van der Waals surface area contributed by atoms with Crippen LogP contribution in [0.4, 0.5) is 0 Å². The number of methoxy groups -OCH3 is 2. The molecule has 0 radical (unpaired) electrons. The SMILES string of the molecule is COc1ccc(C(=O)C(O)(COS(=O)(=O)c2ccc(C)cc2)c2ccc(OC)cc2)cc1. The second-order valence-corrected chi connectivity index (χ2v) is 8.79. The molecule has 0 aliphatic rings. The molecule has 0 bridgehead atoms. The van der Waals surface area contributed by atoms with Gasteiger partial charge in [-0.25, -0.2) is 0 Å². The number of ketones is 1. The van der Waals surface area contributed by atoms with E-state index < -0.39 is 28.1 Å². The van der Waals surface area contributed by atoms with E-state index in [0.29, 0.717) is 11.5 Å². The van der Waals surface area contributed by atoms with Gasteiger partial charge in [0.1, 0.15) is 18.1 Å². The molecular formula is C24H24O7S. The molecule has 8 heteroatoms. The van der Waals surface area contributed by atoms with Crippen LogP contribution < -0.4 is 9.47 Å². The molecule has 0 aromatic heterocycles. The normalized spacial score (nSPS) is 13.2. The first-order valence-corrected chi connectivity index (χ1v) is 11.1. The quantitative estimate of drug-likeness (QED) is 0.389. The van der Waals surface area contributed by atoms with Crippen LogP contribution in [0.1, 0.15) is 21.5 Å². The molecule has 0 saturated carbocycles. The lowest BCUT2D eigenvalue weighted by atomic mass is 9.86. The standard InChI is InChI=1S/C24H24O7S/c1-17-4-14-22(15-5-17)32(27,28)31-16-24(26,19-8-12-21(30-3)13-9-19)23(25)18-6-10-20(29-2)11-7-18/h4-15,26H,16H2,1-3H3. The van der Waals surface area contributed by atoms with Gasteiger partial charge >= 0.3 is 0 Å². The molecule has 3 aromatic rings. The number of hydrogen-bond acceptors (Lipinski definition) is 7. The fourth-order valence-electron chi connectivity index (χ4n) is 3.06. The first-order valence-electron chi connectivity index (χ1n) is 9.71. The third kappa shape index (κ3) is 4.99. The highest BCUT2D eigenvalue weighted by molar-refractivity contribution is 7.86. The van der Waals surface area contributed by atoms with Gasteiger partial charge in [-0.05, 0) is 61.0 Å². The molecule has 0 amide bonds. The molecule has 0 aliphatic heterocycles. The molecule has 1 unspecified atom stereocenters. The van der Waals surface area contributed by atoms with E-state index in [2.05, 4.69) is 0 Å². The van der Waals surface area contributed by atoms with Crippen molar-refractivity contribution in [3.05, 3.63) is 89.5 Å². The first-order chi connectivity index (χ1) is 15.2. The highest BCUT2D eigenvalue weighted by Gasteiger charge is 2.40. The highest BCUT2D eigenvalue weighted by atomic mass is 32.2. The molecule has 0 saturated heterocycles. The zero-order valence-corrected chi connectivity index (χ0v) is 18.8. The number of benzene rings is 3. The number of carbonyl (C=O) groups excluding carboxylic acids is 1. The van der Waals surface area contributed by atoms with E-state index in [1.54, 1.807) is 36.4 Å². The summed E-state index contributed by atoms with van der Waals surface area (Å²) in [4.78, 5) is 13.3. The van der Waals surface area contributed by atoms with Crippen molar-refractivity contribution in [3.63, 3.8) is 0 Å². The summed E-state index contributed by atoms with van der Waals surface area (Å²) < 4.78 is 40.8.